The fraction of sp³-hybridized carbons (Fsp3) is 1.00. The lowest BCUT2D eigenvalue weighted by molar-refractivity contribution is -0.0318. The van der Waals surface area contributed by atoms with Crippen LogP contribution in [0.2, 0.25) is 0 Å². The second-order valence-corrected chi connectivity index (χ2v) is 4.91. The number of ether oxygens (including phenoxy) is 1. The Labute approximate surface area is 94.7 Å². The minimum absolute atomic E-state index is 0.147. The van der Waals surface area contributed by atoms with E-state index in [0.717, 1.165) is 18.8 Å². The van der Waals surface area contributed by atoms with Crippen LogP contribution in [-0.2, 0) is 4.74 Å². The molecule has 3 heteroatoms. The molecule has 0 saturated heterocycles. The van der Waals surface area contributed by atoms with Crippen molar-refractivity contribution in [1.29, 1.82) is 0 Å². The molecule has 0 aromatic rings. The van der Waals surface area contributed by atoms with Crippen molar-refractivity contribution in [2.75, 3.05) is 7.11 Å². The molecule has 0 aliphatic rings. The highest BCUT2D eigenvalue weighted by atomic mass is 16.5. The molecule has 0 amide bonds. The lowest BCUT2D eigenvalue weighted by Crippen LogP contribution is -2.52. The predicted molar refractivity (Wildman–Crippen MR) is 65.5 cm³/mol. The summed E-state index contributed by atoms with van der Waals surface area (Å²) in [4.78, 5) is 0. The quantitative estimate of drug-likeness (QED) is 0.484. The topological polar surface area (TPSA) is 47.3 Å². The Morgan fingerprint density at radius 3 is 2.27 bits per heavy atom. The second-order valence-electron chi connectivity index (χ2n) is 4.91. The summed E-state index contributed by atoms with van der Waals surface area (Å²) in [6, 6.07) is 0.242. The molecule has 0 rings (SSSR count). The standard InChI is InChI=1S/C12H28N2O/c1-6-12(4,15-5)11(14-13)9-7-8-10(2)3/h10-11,14H,6-9,13H2,1-5H3. The van der Waals surface area contributed by atoms with E-state index in [1.165, 1.54) is 12.8 Å². The van der Waals surface area contributed by atoms with E-state index < -0.39 is 0 Å². The number of hydrazine groups is 1. The highest BCUT2D eigenvalue weighted by Gasteiger charge is 2.31. The first-order valence-electron chi connectivity index (χ1n) is 6.01. The molecule has 3 N–H and O–H groups in total. The van der Waals surface area contributed by atoms with Gasteiger partial charge in [-0.25, -0.2) is 0 Å². The molecule has 0 saturated carbocycles. The molecule has 0 fully saturated rings. The van der Waals surface area contributed by atoms with Crippen LogP contribution in [0.4, 0.5) is 0 Å². The van der Waals surface area contributed by atoms with Gasteiger partial charge in [-0.1, -0.05) is 33.6 Å². The Kier molecular flexibility index (Phi) is 7.14. The second kappa shape index (κ2) is 7.20. The molecule has 2 atom stereocenters. The van der Waals surface area contributed by atoms with Crippen molar-refractivity contribution in [3.63, 3.8) is 0 Å². The van der Waals surface area contributed by atoms with Crippen molar-refractivity contribution in [2.45, 2.75) is 65.0 Å². The Hall–Kier alpha value is -0.120. The van der Waals surface area contributed by atoms with Crippen LogP contribution in [0.25, 0.3) is 0 Å². The molecule has 3 nitrogen and oxygen atoms in total. The van der Waals surface area contributed by atoms with Gasteiger partial charge >= 0.3 is 0 Å². The molecule has 0 aromatic heterocycles. The average Bonchev–Trinajstić information content (AvgIpc) is 2.23. The Bertz CT molecular complexity index is 156. The predicted octanol–water partition coefficient (Wildman–Crippen LogP) is 2.46. The highest BCUT2D eigenvalue weighted by molar-refractivity contribution is 4.86. The Morgan fingerprint density at radius 2 is 1.93 bits per heavy atom. The summed E-state index contributed by atoms with van der Waals surface area (Å²) in [5, 5.41) is 0. The maximum atomic E-state index is 5.60. The third-order valence-electron chi connectivity index (χ3n) is 3.38. The van der Waals surface area contributed by atoms with Gasteiger partial charge in [-0.05, 0) is 25.7 Å². The molecule has 0 heterocycles. The summed E-state index contributed by atoms with van der Waals surface area (Å²) < 4.78 is 5.56. The summed E-state index contributed by atoms with van der Waals surface area (Å²) >= 11 is 0. The van der Waals surface area contributed by atoms with Gasteiger partial charge in [0.15, 0.2) is 0 Å². The SMILES string of the molecule is CCC(C)(OC)C(CCCC(C)C)NN. The first-order chi connectivity index (χ1) is 7.00. The minimum Gasteiger partial charge on any atom is -0.377 e. The van der Waals surface area contributed by atoms with Gasteiger partial charge < -0.3 is 4.74 Å². The van der Waals surface area contributed by atoms with Gasteiger partial charge in [-0.15, -0.1) is 0 Å². The van der Waals surface area contributed by atoms with Gasteiger partial charge in [0.25, 0.3) is 0 Å². The number of nitrogens with two attached hydrogens (primary N) is 1. The molecule has 92 valence electrons. The molecular weight excluding hydrogens is 188 g/mol. The molecule has 0 spiro atoms. The fourth-order valence-corrected chi connectivity index (χ4v) is 1.83. The normalized spacial score (nSPS) is 17.8. The Morgan fingerprint density at radius 1 is 1.33 bits per heavy atom. The summed E-state index contributed by atoms with van der Waals surface area (Å²) in [5.41, 5.74) is 2.75. The number of hydrogen-bond donors (Lipinski definition) is 2. The average molecular weight is 216 g/mol. The third kappa shape index (κ3) is 4.96. The lowest BCUT2D eigenvalue weighted by atomic mass is 9.89. The summed E-state index contributed by atoms with van der Waals surface area (Å²) in [6.45, 7) is 8.75. The van der Waals surface area contributed by atoms with Gasteiger partial charge in [-0.3, -0.25) is 11.3 Å². The number of nitrogens with one attached hydrogen (secondary N) is 1. The zero-order valence-electron chi connectivity index (χ0n) is 11.0. The molecule has 0 aliphatic heterocycles. The van der Waals surface area contributed by atoms with E-state index in [1.807, 2.05) is 0 Å². The summed E-state index contributed by atoms with van der Waals surface area (Å²) in [5.74, 6) is 6.36. The molecule has 0 aromatic carbocycles. The van der Waals surface area contributed by atoms with Crippen LogP contribution < -0.4 is 11.3 Å². The highest BCUT2D eigenvalue weighted by Crippen LogP contribution is 2.23. The van der Waals surface area contributed by atoms with Crippen LogP contribution in [-0.4, -0.2) is 18.8 Å². The van der Waals surface area contributed by atoms with E-state index in [0.29, 0.717) is 0 Å². The third-order valence-corrected chi connectivity index (χ3v) is 3.38. The summed E-state index contributed by atoms with van der Waals surface area (Å²) in [6.07, 6.45) is 4.50. The maximum absolute atomic E-state index is 5.60. The molecular formula is C12H28N2O. The van der Waals surface area contributed by atoms with Crippen LogP contribution in [0, 0.1) is 5.92 Å². The zero-order chi connectivity index (χ0) is 11.9. The van der Waals surface area contributed by atoms with Crippen LogP contribution in [0.15, 0.2) is 0 Å². The van der Waals surface area contributed by atoms with E-state index in [1.54, 1.807) is 7.11 Å². The van der Waals surface area contributed by atoms with Gasteiger partial charge in [0.05, 0.1) is 5.60 Å². The van der Waals surface area contributed by atoms with E-state index >= 15 is 0 Å². The number of rotatable bonds is 8. The molecule has 2 unspecified atom stereocenters. The Balaban J connectivity index is 4.10. The van der Waals surface area contributed by atoms with Gasteiger partial charge in [0.2, 0.25) is 0 Å². The first-order valence-corrected chi connectivity index (χ1v) is 6.01. The van der Waals surface area contributed by atoms with Crippen LogP contribution in [0.1, 0.15) is 53.4 Å². The molecule has 0 aliphatic carbocycles. The number of hydrogen-bond acceptors (Lipinski definition) is 3. The van der Waals surface area contributed by atoms with Crippen LogP contribution in [0.3, 0.4) is 0 Å². The summed E-state index contributed by atoms with van der Waals surface area (Å²) in [7, 11) is 1.76. The van der Waals surface area contributed by atoms with E-state index in [-0.39, 0.29) is 11.6 Å². The monoisotopic (exact) mass is 216 g/mol. The van der Waals surface area contributed by atoms with Crippen LogP contribution in [0.5, 0.6) is 0 Å². The molecule has 15 heavy (non-hydrogen) atoms. The zero-order valence-corrected chi connectivity index (χ0v) is 11.0. The first kappa shape index (κ1) is 14.9. The van der Waals surface area contributed by atoms with E-state index in [2.05, 4.69) is 33.1 Å². The smallest absolute Gasteiger partial charge is 0.0813 e. The van der Waals surface area contributed by atoms with Gasteiger partial charge in [-0.2, -0.15) is 0 Å². The van der Waals surface area contributed by atoms with Crippen molar-refractivity contribution in [3.8, 4) is 0 Å². The van der Waals surface area contributed by atoms with E-state index in [9.17, 15) is 0 Å². The van der Waals surface area contributed by atoms with Crippen molar-refractivity contribution >= 4 is 0 Å². The van der Waals surface area contributed by atoms with Gasteiger partial charge in [0, 0.05) is 13.2 Å². The molecule has 0 radical (unpaired) electrons. The van der Waals surface area contributed by atoms with E-state index in [4.69, 9.17) is 10.6 Å². The maximum Gasteiger partial charge on any atom is 0.0813 e. The van der Waals surface area contributed by atoms with Crippen molar-refractivity contribution in [1.82, 2.24) is 5.43 Å². The lowest BCUT2D eigenvalue weighted by Gasteiger charge is -2.35. The minimum atomic E-state index is -0.147. The number of methoxy groups -OCH3 is 1. The largest absolute Gasteiger partial charge is 0.377 e. The van der Waals surface area contributed by atoms with Crippen molar-refractivity contribution in [3.05, 3.63) is 0 Å². The van der Waals surface area contributed by atoms with Crippen LogP contribution >= 0.6 is 0 Å². The van der Waals surface area contributed by atoms with Crippen molar-refractivity contribution in [2.24, 2.45) is 11.8 Å². The van der Waals surface area contributed by atoms with Crippen molar-refractivity contribution < 1.29 is 4.74 Å². The molecule has 0 bridgehead atoms. The fourth-order valence-electron chi connectivity index (χ4n) is 1.83. The van der Waals surface area contributed by atoms with Gasteiger partial charge in [0.1, 0.15) is 0 Å².